The molecule has 1 aromatic carbocycles. The van der Waals surface area contributed by atoms with Crippen LogP contribution in [0.5, 0.6) is 11.5 Å². The number of nitrogens with zero attached hydrogens (tertiary/aromatic N) is 1. The maximum Gasteiger partial charge on any atom is 0.231 e. The summed E-state index contributed by atoms with van der Waals surface area (Å²) in [5.74, 6) is 2.94. The molecule has 0 amide bonds. The SMILES string of the molecule is CCNC(=NCCS(=O)C(C)(C)C)NCCc1ccc2c(c1)OCO2. The first-order valence-corrected chi connectivity index (χ1v) is 10.0. The smallest absolute Gasteiger partial charge is 0.231 e. The predicted octanol–water partition coefficient (Wildman–Crippen LogP) is 2.06. The van der Waals surface area contributed by atoms with Crippen molar-refractivity contribution >= 4 is 16.8 Å². The molecule has 0 fully saturated rings. The fourth-order valence-electron chi connectivity index (χ4n) is 2.31. The Morgan fingerprint density at radius 1 is 1.24 bits per heavy atom. The molecule has 1 aliphatic rings. The molecule has 0 aliphatic carbocycles. The summed E-state index contributed by atoms with van der Waals surface area (Å²) >= 11 is 0. The zero-order valence-corrected chi connectivity index (χ0v) is 16.4. The first-order chi connectivity index (χ1) is 11.9. The van der Waals surface area contributed by atoms with Crippen LogP contribution in [0.3, 0.4) is 0 Å². The lowest BCUT2D eigenvalue weighted by Gasteiger charge is -2.17. The standard InChI is InChI=1S/C18H29N3O3S/c1-5-19-17(21-10-11-25(22)18(2,3)4)20-9-8-14-6-7-15-16(12-14)24-13-23-15/h6-7,12H,5,8-11,13H2,1-4H3,(H2,19,20,21). The Morgan fingerprint density at radius 3 is 2.72 bits per heavy atom. The first kappa shape index (κ1) is 19.6. The molecular formula is C18H29N3O3S. The number of fused-ring (bicyclic) bond motifs is 1. The van der Waals surface area contributed by atoms with Crippen molar-refractivity contribution in [2.75, 3.05) is 32.2 Å². The van der Waals surface area contributed by atoms with Gasteiger partial charge in [-0.1, -0.05) is 6.07 Å². The van der Waals surface area contributed by atoms with E-state index in [1.165, 1.54) is 5.56 Å². The van der Waals surface area contributed by atoms with Crippen molar-refractivity contribution in [3.8, 4) is 11.5 Å². The third-order valence-electron chi connectivity index (χ3n) is 3.72. The molecule has 1 aliphatic heterocycles. The van der Waals surface area contributed by atoms with Gasteiger partial charge in [-0.05, 0) is 51.8 Å². The quantitative estimate of drug-likeness (QED) is 0.570. The van der Waals surface area contributed by atoms with E-state index in [9.17, 15) is 4.21 Å². The average Bonchev–Trinajstić information content (AvgIpc) is 3.01. The second kappa shape index (κ2) is 9.08. The van der Waals surface area contributed by atoms with Crippen molar-refractivity contribution in [1.82, 2.24) is 10.6 Å². The van der Waals surface area contributed by atoms with Crippen LogP contribution in [-0.4, -0.2) is 47.1 Å². The van der Waals surface area contributed by atoms with Crippen molar-refractivity contribution in [3.63, 3.8) is 0 Å². The van der Waals surface area contributed by atoms with Crippen molar-refractivity contribution in [1.29, 1.82) is 0 Å². The van der Waals surface area contributed by atoms with Gasteiger partial charge in [-0.2, -0.15) is 0 Å². The van der Waals surface area contributed by atoms with Crippen LogP contribution in [0.4, 0.5) is 0 Å². The van der Waals surface area contributed by atoms with Crippen LogP contribution in [0.2, 0.25) is 0 Å². The second-order valence-electron chi connectivity index (χ2n) is 6.79. The molecule has 7 heteroatoms. The summed E-state index contributed by atoms with van der Waals surface area (Å²) in [5.41, 5.74) is 1.18. The minimum atomic E-state index is -0.882. The van der Waals surface area contributed by atoms with E-state index >= 15 is 0 Å². The number of nitrogens with one attached hydrogen (secondary N) is 2. The Labute approximate surface area is 152 Å². The van der Waals surface area contributed by atoms with Crippen molar-refractivity contribution in [3.05, 3.63) is 23.8 Å². The van der Waals surface area contributed by atoms with E-state index in [4.69, 9.17) is 9.47 Å². The summed E-state index contributed by atoms with van der Waals surface area (Å²) in [6.45, 7) is 10.4. The van der Waals surface area contributed by atoms with Crippen LogP contribution in [0.1, 0.15) is 33.3 Å². The molecule has 1 unspecified atom stereocenters. The third-order valence-corrected chi connectivity index (χ3v) is 5.64. The van der Waals surface area contributed by atoms with Gasteiger partial charge in [-0.25, -0.2) is 0 Å². The van der Waals surface area contributed by atoms with E-state index in [-0.39, 0.29) is 4.75 Å². The molecule has 140 valence electrons. The number of hydrogen-bond donors (Lipinski definition) is 2. The summed E-state index contributed by atoms with van der Waals surface area (Å²) in [6.07, 6.45) is 0.856. The molecule has 2 N–H and O–H groups in total. The molecule has 0 saturated carbocycles. The third kappa shape index (κ3) is 6.23. The van der Waals surface area contributed by atoms with Gasteiger partial charge in [0.05, 0.1) is 6.54 Å². The Balaban J connectivity index is 1.80. The second-order valence-corrected chi connectivity index (χ2v) is 9.11. The molecule has 1 heterocycles. The minimum absolute atomic E-state index is 0.194. The number of benzene rings is 1. The highest BCUT2D eigenvalue weighted by molar-refractivity contribution is 7.86. The number of rotatable bonds is 7. The fourth-order valence-corrected chi connectivity index (χ4v) is 3.18. The van der Waals surface area contributed by atoms with Gasteiger partial charge in [0, 0.05) is 34.4 Å². The normalized spacial score (nSPS) is 15.1. The molecule has 0 saturated heterocycles. The van der Waals surface area contributed by atoms with E-state index in [0.717, 1.165) is 37.0 Å². The van der Waals surface area contributed by atoms with Crippen LogP contribution in [-0.2, 0) is 17.2 Å². The van der Waals surface area contributed by atoms with Gasteiger partial charge >= 0.3 is 0 Å². The largest absolute Gasteiger partial charge is 0.454 e. The molecule has 0 radical (unpaired) electrons. The summed E-state index contributed by atoms with van der Waals surface area (Å²) in [7, 11) is -0.882. The molecule has 25 heavy (non-hydrogen) atoms. The lowest BCUT2D eigenvalue weighted by atomic mass is 10.1. The van der Waals surface area contributed by atoms with Crippen molar-refractivity contribution in [2.45, 2.75) is 38.9 Å². The van der Waals surface area contributed by atoms with E-state index in [1.807, 2.05) is 45.9 Å². The summed E-state index contributed by atoms with van der Waals surface area (Å²) in [5, 5.41) is 6.54. The summed E-state index contributed by atoms with van der Waals surface area (Å²) in [6, 6.07) is 6.01. The molecule has 6 nitrogen and oxygen atoms in total. The lowest BCUT2D eigenvalue weighted by molar-refractivity contribution is 0.174. The van der Waals surface area contributed by atoms with Gasteiger partial charge in [-0.15, -0.1) is 0 Å². The van der Waals surface area contributed by atoms with Gasteiger partial charge in [0.1, 0.15) is 0 Å². The Kier molecular flexibility index (Phi) is 7.11. The van der Waals surface area contributed by atoms with Gasteiger partial charge in [-0.3, -0.25) is 9.20 Å². The Bertz CT molecular complexity index is 626. The van der Waals surface area contributed by atoms with Gasteiger partial charge in [0.15, 0.2) is 17.5 Å². The molecular weight excluding hydrogens is 338 g/mol. The number of ether oxygens (including phenoxy) is 2. The maximum atomic E-state index is 12.1. The summed E-state index contributed by atoms with van der Waals surface area (Å²) in [4.78, 5) is 4.51. The van der Waals surface area contributed by atoms with E-state index in [2.05, 4.69) is 15.6 Å². The van der Waals surface area contributed by atoms with Crippen molar-refractivity contribution < 1.29 is 13.7 Å². The van der Waals surface area contributed by atoms with Gasteiger partial charge in [0.25, 0.3) is 0 Å². The molecule has 0 aromatic heterocycles. The Morgan fingerprint density at radius 2 is 2.00 bits per heavy atom. The highest BCUT2D eigenvalue weighted by Gasteiger charge is 2.18. The van der Waals surface area contributed by atoms with Crippen LogP contribution in [0, 0.1) is 0 Å². The topological polar surface area (TPSA) is 72.0 Å². The van der Waals surface area contributed by atoms with Crippen LogP contribution in [0.25, 0.3) is 0 Å². The van der Waals surface area contributed by atoms with Crippen LogP contribution >= 0.6 is 0 Å². The van der Waals surface area contributed by atoms with E-state index in [1.54, 1.807) is 0 Å². The molecule has 0 spiro atoms. The highest BCUT2D eigenvalue weighted by atomic mass is 32.2. The number of aliphatic imine (C=N–C) groups is 1. The molecule has 2 rings (SSSR count). The fraction of sp³-hybridized carbons (Fsp3) is 0.611. The van der Waals surface area contributed by atoms with Gasteiger partial charge in [0.2, 0.25) is 6.79 Å². The predicted molar refractivity (Wildman–Crippen MR) is 103 cm³/mol. The lowest BCUT2D eigenvalue weighted by Crippen LogP contribution is -2.38. The van der Waals surface area contributed by atoms with E-state index < -0.39 is 10.8 Å². The number of guanidine groups is 1. The zero-order chi connectivity index (χ0) is 18.3. The molecule has 1 aromatic rings. The van der Waals surface area contributed by atoms with Crippen molar-refractivity contribution in [2.24, 2.45) is 4.99 Å². The summed E-state index contributed by atoms with van der Waals surface area (Å²) < 4.78 is 22.6. The highest BCUT2D eigenvalue weighted by Crippen LogP contribution is 2.32. The zero-order valence-electron chi connectivity index (χ0n) is 15.6. The first-order valence-electron chi connectivity index (χ1n) is 8.69. The number of hydrogen-bond acceptors (Lipinski definition) is 4. The average molecular weight is 368 g/mol. The Hall–Kier alpha value is -1.76. The minimum Gasteiger partial charge on any atom is -0.454 e. The van der Waals surface area contributed by atoms with E-state index in [0.29, 0.717) is 19.1 Å². The van der Waals surface area contributed by atoms with Crippen LogP contribution in [0.15, 0.2) is 23.2 Å². The van der Waals surface area contributed by atoms with Crippen LogP contribution < -0.4 is 20.1 Å². The molecule has 0 bridgehead atoms. The molecule has 1 atom stereocenters. The van der Waals surface area contributed by atoms with Gasteiger partial charge < -0.3 is 20.1 Å². The monoisotopic (exact) mass is 367 g/mol. The maximum absolute atomic E-state index is 12.1.